The van der Waals surface area contributed by atoms with Crippen LogP contribution in [0.4, 0.5) is 0 Å². The number of aryl methyl sites for hydroxylation is 1. The zero-order chi connectivity index (χ0) is 15.6. The van der Waals surface area contributed by atoms with Crippen molar-refractivity contribution in [2.24, 2.45) is 5.41 Å². The Morgan fingerprint density at radius 3 is 2.41 bits per heavy atom. The summed E-state index contributed by atoms with van der Waals surface area (Å²) in [6.45, 7) is 8.49. The monoisotopic (exact) mass is 300 g/mol. The van der Waals surface area contributed by atoms with Gasteiger partial charge in [0.15, 0.2) is 5.79 Å². The zero-order valence-corrected chi connectivity index (χ0v) is 13.6. The second-order valence-electron chi connectivity index (χ2n) is 7.05. The van der Waals surface area contributed by atoms with Crippen LogP contribution in [0.15, 0.2) is 43.0 Å². The molecule has 0 N–H and O–H groups in total. The van der Waals surface area contributed by atoms with Crippen molar-refractivity contribution in [3.05, 3.63) is 54.1 Å². The zero-order valence-electron chi connectivity index (χ0n) is 13.6. The largest absolute Gasteiger partial charge is 0.347 e. The highest BCUT2D eigenvalue weighted by Crippen LogP contribution is 2.33. The van der Waals surface area contributed by atoms with Crippen molar-refractivity contribution in [3.63, 3.8) is 0 Å². The fourth-order valence-electron chi connectivity index (χ4n) is 2.66. The molecular formula is C18H24N2O2. The molecule has 0 radical (unpaired) electrons. The highest BCUT2D eigenvalue weighted by atomic mass is 16.7. The van der Waals surface area contributed by atoms with Crippen molar-refractivity contribution in [2.75, 3.05) is 13.2 Å². The van der Waals surface area contributed by atoms with E-state index < -0.39 is 5.79 Å². The molecule has 0 unspecified atom stereocenters. The third-order valence-corrected chi connectivity index (χ3v) is 4.03. The first-order chi connectivity index (χ1) is 10.5. The van der Waals surface area contributed by atoms with Gasteiger partial charge in [0.1, 0.15) is 0 Å². The molecular weight excluding hydrogens is 276 g/mol. The second-order valence-corrected chi connectivity index (χ2v) is 7.05. The third-order valence-electron chi connectivity index (χ3n) is 4.03. The summed E-state index contributed by atoms with van der Waals surface area (Å²) in [5.74, 6) is -0.620. The molecule has 118 valence electrons. The summed E-state index contributed by atoms with van der Waals surface area (Å²) in [6, 6.07) is 8.56. The number of hydrogen-bond acceptors (Lipinski definition) is 3. The Labute approximate surface area is 132 Å². The number of ether oxygens (including phenoxy) is 2. The van der Waals surface area contributed by atoms with Crippen LogP contribution < -0.4 is 0 Å². The molecule has 4 heteroatoms. The molecule has 0 atom stereocenters. The maximum atomic E-state index is 6.22. The Bertz CT molecular complexity index is 593. The van der Waals surface area contributed by atoms with Crippen molar-refractivity contribution < 1.29 is 9.47 Å². The van der Waals surface area contributed by atoms with E-state index >= 15 is 0 Å². The lowest BCUT2D eigenvalue weighted by Gasteiger charge is -2.43. The van der Waals surface area contributed by atoms with E-state index in [1.807, 2.05) is 17.1 Å². The van der Waals surface area contributed by atoms with Crippen LogP contribution in [0, 0.1) is 12.3 Å². The van der Waals surface area contributed by atoms with Crippen molar-refractivity contribution in [3.8, 4) is 0 Å². The molecule has 2 heterocycles. The third kappa shape index (κ3) is 3.57. The van der Waals surface area contributed by atoms with Crippen LogP contribution in [0.3, 0.4) is 0 Å². The van der Waals surface area contributed by atoms with Gasteiger partial charge in [0.05, 0.1) is 26.1 Å². The van der Waals surface area contributed by atoms with Gasteiger partial charge in [-0.25, -0.2) is 4.98 Å². The van der Waals surface area contributed by atoms with Crippen molar-refractivity contribution >= 4 is 0 Å². The average molecular weight is 300 g/mol. The van der Waals surface area contributed by atoms with Gasteiger partial charge in [0.25, 0.3) is 0 Å². The molecule has 2 aromatic rings. The van der Waals surface area contributed by atoms with Gasteiger partial charge in [0.2, 0.25) is 0 Å². The van der Waals surface area contributed by atoms with E-state index in [0.29, 0.717) is 19.8 Å². The van der Waals surface area contributed by atoms with Gasteiger partial charge in [-0.2, -0.15) is 0 Å². The van der Waals surface area contributed by atoms with Crippen molar-refractivity contribution in [1.82, 2.24) is 9.55 Å². The summed E-state index contributed by atoms with van der Waals surface area (Å²) in [6.07, 6.45) is 6.28. The predicted molar refractivity (Wildman–Crippen MR) is 85.5 cm³/mol. The average Bonchev–Trinajstić information content (AvgIpc) is 2.98. The standard InChI is InChI=1S/C18H24N2O2/c1-15-4-6-16(7-5-15)10-18(11-20-9-8-19-14-20)21-12-17(2,3)13-22-18/h4-9,14H,10-13H2,1-3H3. The van der Waals surface area contributed by atoms with Gasteiger partial charge in [-0.05, 0) is 12.5 Å². The summed E-state index contributed by atoms with van der Waals surface area (Å²) in [5, 5.41) is 0. The Hall–Kier alpha value is -1.65. The van der Waals surface area contributed by atoms with Gasteiger partial charge in [-0.1, -0.05) is 43.7 Å². The summed E-state index contributed by atoms with van der Waals surface area (Å²) in [7, 11) is 0. The molecule has 1 aromatic heterocycles. The van der Waals surface area contributed by atoms with Gasteiger partial charge in [-0.15, -0.1) is 0 Å². The van der Waals surface area contributed by atoms with Crippen LogP contribution in [-0.4, -0.2) is 28.6 Å². The molecule has 1 saturated heterocycles. The first-order valence-corrected chi connectivity index (χ1v) is 7.76. The summed E-state index contributed by atoms with van der Waals surface area (Å²) < 4.78 is 14.5. The fourth-order valence-corrected chi connectivity index (χ4v) is 2.66. The quantitative estimate of drug-likeness (QED) is 0.870. The maximum absolute atomic E-state index is 6.22. The smallest absolute Gasteiger partial charge is 0.190 e. The van der Waals surface area contributed by atoms with E-state index in [9.17, 15) is 0 Å². The Morgan fingerprint density at radius 2 is 1.82 bits per heavy atom. The second kappa shape index (κ2) is 5.86. The van der Waals surface area contributed by atoms with E-state index in [1.165, 1.54) is 11.1 Å². The molecule has 0 aliphatic carbocycles. The van der Waals surface area contributed by atoms with Crippen LogP contribution in [0.25, 0.3) is 0 Å². The Kier molecular flexibility index (Phi) is 4.06. The topological polar surface area (TPSA) is 36.3 Å². The van der Waals surface area contributed by atoms with Crippen LogP contribution in [0.2, 0.25) is 0 Å². The van der Waals surface area contributed by atoms with E-state index in [0.717, 1.165) is 6.42 Å². The van der Waals surface area contributed by atoms with Gasteiger partial charge in [-0.3, -0.25) is 0 Å². The highest BCUT2D eigenvalue weighted by Gasteiger charge is 2.41. The molecule has 0 bridgehead atoms. The van der Waals surface area contributed by atoms with Crippen LogP contribution in [0.5, 0.6) is 0 Å². The summed E-state index contributed by atoms with van der Waals surface area (Å²) in [4.78, 5) is 4.12. The minimum absolute atomic E-state index is 0.0612. The normalized spacial score (nSPS) is 20.0. The van der Waals surface area contributed by atoms with Gasteiger partial charge in [0, 0.05) is 24.2 Å². The summed E-state index contributed by atoms with van der Waals surface area (Å²) in [5.41, 5.74) is 2.55. The molecule has 0 spiro atoms. The molecule has 22 heavy (non-hydrogen) atoms. The molecule has 1 aromatic carbocycles. The molecule has 4 nitrogen and oxygen atoms in total. The number of benzene rings is 1. The first-order valence-electron chi connectivity index (χ1n) is 7.76. The Balaban J connectivity index is 1.81. The molecule has 0 saturated carbocycles. The van der Waals surface area contributed by atoms with Crippen LogP contribution >= 0.6 is 0 Å². The lowest BCUT2D eigenvalue weighted by atomic mass is 9.93. The van der Waals surface area contributed by atoms with E-state index in [2.05, 4.69) is 50.0 Å². The number of rotatable bonds is 4. The predicted octanol–water partition coefficient (Wildman–Crippen LogP) is 3.20. The molecule has 1 fully saturated rings. The highest BCUT2D eigenvalue weighted by molar-refractivity contribution is 5.22. The lowest BCUT2D eigenvalue weighted by molar-refractivity contribution is -0.304. The number of aromatic nitrogens is 2. The molecule has 3 rings (SSSR count). The number of imidazole rings is 1. The van der Waals surface area contributed by atoms with Crippen molar-refractivity contribution in [2.45, 2.75) is 39.5 Å². The van der Waals surface area contributed by atoms with E-state index in [-0.39, 0.29) is 5.41 Å². The van der Waals surface area contributed by atoms with Crippen molar-refractivity contribution in [1.29, 1.82) is 0 Å². The maximum Gasteiger partial charge on any atom is 0.190 e. The Morgan fingerprint density at radius 1 is 1.14 bits per heavy atom. The van der Waals surface area contributed by atoms with E-state index in [4.69, 9.17) is 9.47 Å². The van der Waals surface area contributed by atoms with Gasteiger partial charge >= 0.3 is 0 Å². The van der Waals surface area contributed by atoms with Crippen LogP contribution in [-0.2, 0) is 22.4 Å². The molecule has 1 aliphatic rings. The van der Waals surface area contributed by atoms with Gasteiger partial charge < -0.3 is 14.0 Å². The molecule has 1 aliphatic heterocycles. The molecule has 0 amide bonds. The van der Waals surface area contributed by atoms with E-state index in [1.54, 1.807) is 6.20 Å². The first kappa shape index (κ1) is 15.3. The minimum Gasteiger partial charge on any atom is -0.347 e. The number of hydrogen-bond donors (Lipinski definition) is 0. The number of nitrogens with zero attached hydrogens (tertiary/aromatic N) is 2. The fraction of sp³-hybridized carbons (Fsp3) is 0.500. The SMILES string of the molecule is Cc1ccc(CC2(Cn3ccnc3)OCC(C)(C)CO2)cc1. The summed E-state index contributed by atoms with van der Waals surface area (Å²) >= 11 is 0. The lowest BCUT2D eigenvalue weighted by Crippen LogP contribution is -2.51. The minimum atomic E-state index is -0.620. The van der Waals surface area contributed by atoms with Crippen LogP contribution in [0.1, 0.15) is 25.0 Å².